The Morgan fingerprint density at radius 3 is 2.79 bits per heavy atom. The van der Waals surface area contributed by atoms with Gasteiger partial charge in [0.2, 0.25) is 5.91 Å². The maximum absolute atomic E-state index is 12.3. The maximum Gasteiger partial charge on any atom is 0.240 e. The van der Waals surface area contributed by atoms with Gasteiger partial charge in [-0.1, -0.05) is 18.2 Å². The summed E-state index contributed by atoms with van der Waals surface area (Å²) in [5.41, 5.74) is 2.01. The molecule has 2 N–H and O–H groups in total. The number of anilines is 1. The lowest BCUT2D eigenvalue weighted by molar-refractivity contribution is -0.115. The maximum atomic E-state index is 12.3. The monoisotopic (exact) mass is 278 g/mol. The van der Waals surface area contributed by atoms with Gasteiger partial charge in [-0.2, -0.15) is 0 Å². The number of benzene rings is 1. The van der Waals surface area contributed by atoms with Crippen LogP contribution in [0.3, 0.4) is 0 Å². The normalized spacial score (nSPS) is 24.8. The number of rotatable bonds is 3. The van der Waals surface area contributed by atoms with Gasteiger partial charge in [-0.15, -0.1) is 0 Å². The van der Waals surface area contributed by atoms with E-state index < -0.39 is 10.8 Å². The van der Waals surface area contributed by atoms with Gasteiger partial charge in [0.15, 0.2) is 0 Å². The van der Waals surface area contributed by atoms with Crippen molar-refractivity contribution in [2.24, 2.45) is 5.92 Å². The van der Waals surface area contributed by atoms with E-state index in [0.29, 0.717) is 18.1 Å². The number of carbonyl (C=O) groups is 1. The van der Waals surface area contributed by atoms with E-state index in [4.69, 9.17) is 0 Å². The Morgan fingerprint density at radius 2 is 2.05 bits per heavy atom. The van der Waals surface area contributed by atoms with E-state index in [1.165, 1.54) is 0 Å². The summed E-state index contributed by atoms with van der Waals surface area (Å²) in [6, 6.07) is 7.82. The van der Waals surface area contributed by atoms with E-state index in [1.54, 1.807) is 0 Å². The first-order chi connectivity index (χ1) is 9.24. The third kappa shape index (κ3) is 2.72. The largest absolute Gasteiger partial charge is 0.325 e. The van der Waals surface area contributed by atoms with Gasteiger partial charge < -0.3 is 10.6 Å². The van der Waals surface area contributed by atoms with Crippen molar-refractivity contribution in [1.82, 2.24) is 5.32 Å². The van der Waals surface area contributed by atoms with E-state index in [1.807, 2.05) is 24.3 Å². The van der Waals surface area contributed by atoms with Crippen LogP contribution in [0.25, 0.3) is 0 Å². The number of aryl methyl sites for hydroxylation is 1. The van der Waals surface area contributed by atoms with Crippen molar-refractivity contribution in [2.45, 2.75) is 18.1 Å². The molecule has 1 aromatic carbocycles. The Bertz CT molecular complexity index is 514. The van der Waals surface area contributed by atoms with Crippen LogP contribution in [0.1, 0.15) is 12.0 Å². The lowest BCUT2D eigenvalue weighted by Gasteiger charge is -2.27. The number of carbonyl (C=O) groups excluding carboxylic acids is 1. The molecule has 0 spiro atoms. The molecular weight excluding hydrogens is 260 g/mol. The van der Waals surface area contributed by atoms with Gasteiger partial charge in [0.05, 0.1) is 0 Å². The molecule has 1 amide bonds. The molecule has 5 heteroatoms. The third-order valence-corrected chi connectivity index (χ3v) is 5.71. The second kappa shape index (κ2) is 5.43. The van der Waals surface area contributed by atoms with E-state index in [9.17, 15) is 9.00 Å². The molecule has 2 aliphatic heterocycles. The molecule has 0 aliphatic carbocycles. The average molecular weight is 278 g/mol. The summed E-state index contributed by atoms with van der Waals surface area (Å²) >= 11 is 0. The Kier molecular flexibility index (Phi) is 3.66. The lowest BCUT2D eigenvalue weighted by atomic mass is 10.1. The first-order valence-corrected chi connectivity index (χ1v) is 8.09. The molecule has 2 atom stereocenters. The van der Waals surface area contributed by atoms with Crippen LogP contribution in [0.5, 0.6) is 0 Å². The molecular formula is C14H18N2O2S. The highest BCUT2D eigenvalue weighted by Gasteiger charge is 2.31. The summed E-state index contributed by atoms with van der Waals surface area (Å²) in [6.07, 6.45) is 1.49. The molecule has 2 heterocycles. The van der Waals surface area contributed by atoms with E-state index in [0.717, 1.165) is 30.8 Å². The second-order valence-corrected chi connectivity index (χ2v) is 6.91. The van der Waals surface area contributed by atoms with Gasteiger partial charge in [0.1, 0.15) is 5.25 Å². The van der Waals surface area contributed by atoms with Crippen molar-refractivity contribution in [3.05, 3.63) is 29.8 Å². The quantitative estimate of drug-likeness (QED) is 0.864. The summed E-state index contributed by atoms with van der Waals surface area (Å²) < 4.78 is 12.3. The number of para-hydroxylation sites is 1. The fraction of sp³-hybridized carbons (Fsp3) is 0.500. The average Bonchev–Trinajstić information content (AvgIpc) is 2.52. The molecule has 0 bridgehead atoms. The Labute approximate surface area is 115 Å². The Balaban J connectivity index is 1.71. The van der Waals surface area contributed by atoms with Crippen molar-refractivity contribution in [1.29, 1.82) is 0 Å². The van der Waals surface area contributed by atoms with Crippen molar-refractivity contribution >= 4 is 22.4 Å². The molecule has 0 saturated carbocycles. The SMILES string of the molecule is O=C1Nc2ccccc2CCC1S(=O)CC1CNC1. The fourth-order valence-corrected chi connectivity index (χ4v) is 4.17. The molecule has 19 heavy (non-hydrogen) atoms. The first kappa shape index (κ1) is 12.8. The molecule has 2 unspecified atom stereocenters. The molecule has 2 aliphatic rings. The van der Waals surface area contributed by atoms with E-state index in [2.05, 4.69) is 10.6 Å². The van der Waals surface area contributed by atoms with Gasteiger partial charge in [0, 0.05) is 35.3 Å². The summed E-state index contributed by atoms with van der Waals surface area (Å²) in [5, 5.41) is 5.72. The minimum absolute atomic E-state index is 0.0874. The van der Waals surface area contributed by atoms with Crippen LogP contribution in [0.4, 0.5) is 5.69 Å². The van der Waals surface area contributed by atoms with Crippen molar-refractivity contribution in [3.8, 4) is 0 Å². The predicted octanol–water partition coefficient (Wildman–Crippen LogP) is 0.908. The van der Waals surface area contributed by atoms with Gasteiger partial charge >= 0.3 is 0 Å². The van der Waals surface area contributed by atoms with Gasteiger partial charge in [-0.3, -0.25) is 9.00 Å². The number of nitrogens with one attached hydrogen (secondary N) is 2. The van der Waals surface area contributed by atoms with Crippen LogP contribution in [-0.4, -0.2) is 34.2 Å². The smallest absolute Gasteiger partial charge is 0.240 e. The topological polar surface area (TPSA) is 58.2 Å². The number of amides is 1. The number of hydrogen-bond acceptors (Lipinski definition) is 3. The molecule has 1 fully saturated rings. The Morgan fingerprint density at radius 1 is 1.26 bits per heavy atom. The number of fused-ring (bicyclic) bond motifs is 1. The van der Waals surface area contributed by atoms with Crippen LogP contribution >= 0.6 is 0 Å². The van der Waals surface area contributed by atoms with Crippen molar-refractivity contribution in [2.75, 3.05) is 24.2 Å². The predicted molar refractivity (Wildman–Crippen MR) is 76.5 cm³/mol. The zero-order chi connectivity index (χ0) is 13.2. The summed E-state index contributed by atoms with van der Waals surface area (Å²) in [6.45, 7) is 1.86. The molecule has 1 aromatic rings. The molecule has 0 radical (unpaired) electrons. The van der Waals surface area contributed by atoms with Crippen LogP contribution < -0.4 is 10.6 Å². The molecule has 1 saturated heterocycles. The van der Waals surface area contributed by atoms with E-state index in [-0.39, 0.29) is 11.2 Å². The summed E-state index contributed by atoms with van der Waals surface area (Å²) in [7, 11) is -1.07. The summed E-state index contributed by atoms with van der Waals surface area (Å²) in [4.78, 5) is 12.2. The highest BCUT2D eigenvalue weighted by Crippen LogP contribution is 2.24. The minimum atomic E-state index is -1.07. The van der Waals surface area contributed by atoms with Crippen LogP contribution in [0.15, 0.2) is 24.3 Å². The molecule has 0 aromatic heterocycles. The lowest BCUT2D eigenvalue weighted by Crippen LogP contribution is -2.46. The number of hydrogen-bond donors (Lipinski definition) is 2. The zero-order valence-electron chi connectivity index (χ0n) is 10.7. The Hall–Kier alpha value is -1.20. The zero-order valence-corrected chi connectivity index (χ0v) is 11.5. The fourth-order valence-electron chi connectivity index (χ4n) is 2.56. The first-order valence-electron chi connectivity index (χ1n) is 6.70. The van der Waals surface area contributed by atoms with Gasteiger partial charge in [-0.25, -0.2) is 0 Å². The highest BCUT2D eigenvalue weighted by atomic mass is 32.2. The van der Waals surface area contributed by atoms with Crippen LogP contribution in [0, 0.1) is 5.92 Å². The molecule has 3 rings (SSSR count). The van der Waals surface area contributed by atoms with Crippen molar-refractivity contribution in [3.63, 3.8) is 0 Å². The molecule has 4 nitrogen and oxygen atoms in total. The summed E-state index contributed by atoms with van der Waals surface area (Å²) in [5.74, 6) is 1.02. The minimum Gasteiger partial charge on any atom is -0.325 e. The third-order valence-electron chi connectivity index (χ3n) is 3.83. The molecule has 102 valence electrons. The standard InChI is InChI=1S/C14H18N2O2S/c17-14-13(19(18)9-10-7-15-8-10)6-5-11-3-1-2-4-12(11)16-14/h1-4,10,13,15H,5-9H2,(H,16,17). The van der Waals surface area contributed by atoms with Crippen molar-refractivity contribution < 1.29 is 9.00 Å². The van der Waals surface area contributed by atoms with Crippen LogP contribution in [0.2, 0.25) is 0 Å². The van der Waals surface area contributed by atoms with Gasteiger partial charge in [0.25, 0.3) is 0 Å². The second-order valence-electron chi connectivity index (χ2n) is 5.25. The van der Waals surface area contributed by atoms with Gasteiger partial charge in [-0.05, 0) is 30.4 Å². The highest BCUT2D eigenvalue weighted by molar-refractivity contribution is 7.86. The van der Waals surface area contributed by atoms with Crippen LogP contribution in [-0.2, 0) is 22.0 Å². The van der Waals surface area contributed by atoms with E-state index >= 15 is 0 Å².